The molecule has 1 aliphatic heterocycles. The van der Waals surface area contributed by atoms with Crippen LogP contribution >= 0.6 is 12.4 Å². The zero-order chi connectivity index (χ0) is 19.3. The molecule has 1 aromatic carbocycles. The molecule has 152 valence electrons. The van der Waals surface area contributed by atoms with E-state index < -0.39 is 10.0 Å². The van der Waals surface area contributed by atoms with Crippen molar-refractivity contribution >= 4 is 34.1 Å². The molecule has 7 nitrogen and oxygen atoms in total. The van der Waals surface area contributed by atoms with Gasteiger partial charge in [-0.25, -0.2) is 12.7 Å². The van der Waals surface area contributed by atoms with Gasteiger partial charge < -0.3 is 10.2 Å². The summed E-state index contributed by atoms with van der Waals surface area (Å²) < 4.78 is 26.4. The number of hydrogen-bond donors (Lipinski definition) is 1. The topological polar surface area (TPSA) is 86.8 Å². The molecule has 0 saturated carbocycles. The van der Waals surface area contributed by atoms with E-state index in [1.54, 1.807) is 0 Å². The largest absolute Gasteiger partial charge is 0.337 e. The van der Waals surface area contributed by atoms with Gasteiger partial charge in [-0.15, -0.1) is 12.4 Å². The first kappa shape index (κ1) is 23.6. The molecular weight excluding hydrogens is 390 g/mol. The number of carbonyl (C=O) groups excluding carboxylic acids is 2. The van der Waals surface area contributed by atoms with E-state index in [2.05, 4.69) is 5.32 Å². The molecule has 9 heteroatoms. The molecule has 0 spiro atoms. The van der Waals surface area contributed by atoms with Gasteiger partial charge in [0.2, 0.25) is 15.9 Å². The lowest BCUT2D eigenvalue weighted by atomic mass is 10.2. The monoisotopic (exact) mass is 417 g/mol. The molecule has 0 radical (unpaired) electrons. The second-order valence-corrected chi connectivity index (χ2v) is 8.70. The third-order valence-electron chi connectivity index (χ3n) is 4.65. The number of amides is 1. The van der Waals surface area contributed by atoms with Crippen molar-refractivity contribution in [3.05, 3.63) is 29.8 Å². The molecule has 1 amide bonds. The maximum absolute atomic E-state index is 12.6. The van der Waals surface area contributed by atoms with Crippen molar-refractivity contribution in [2.24, 2.45) is 0 Å². The lowest BCUT2D eigenvalue weighted by molar-refractivity contribution is -0.134. The Hall–Kier alpha value is -1.48. The second-order valence-electron chi connectivity index (χ2n) is 6.65. The van der Waals surface area contributed by atoms with Crippen LogP contribution in [0.3, 0.4) is 0 Å². The smallest absolute Gasteiger partial charge is 0.242 e. The Bertz CT molecular complexity index is 752. The Morgan fingerprint density at radius 1 is 1.26 bits per heavy atom. The first-order valence-electron chi connectivity index (χ1n) is 8.81. The van der Waals surface area contributed by atoms with Gasteiger partial charge in [0.15, 0.2) is 5.78 Å². The molecule has 1 aliphatic rings. The van der Waals surface area contributed by atoms with Gasteiger partial charge in [-0.05, 0) is 32.4 Å². The summed E-state index contributed by atoms with van der Waals surface area (Å²) in [5, 5.41) is 3.24. The van der Waals surface area contributed by atoms with Crippen LogP contribution in [0.25, 0.3) is 0 Å². The van der Waals surface area contributed by atoms with E-state index in [4.69, 9.17) is 0 Å². The van der Waals surface area contributed by atoms with Crippen LogP contribution in [-0.2, 0) is 14.8 Å². The number of halogens is 1. The van der Waals surface area contributed by atoms with E-state index in [-0.39, 0.29) is 41.6 Å². The lowest BCUT2D eigenvalue weighted by Gasteiger charge is -2.34. The van der Waals surface area contributed by atoms with Gasteiger partial charge in [-0.3, -0.25) is 9.59 Å². The number of piperazine rings is 1. The fraction of sp³-hybridized carbons (Fsp3) is 0.556. The molecule has 0 aromatic heterocycles. The second kappa shape index (κ2) is 10.2. The SMILES string of the molecule is CC(=O)c1ccc(S(=O)(=O)N(C)CCCC(=O)N2CCNCC2C)cc1.Cl. The van der Waals surface area contributed by atoms with Crippen LogP contribution < -0.4 is 5.32 Å². The predicted molar refractivity (Wildman–Crippen MR) is 107 cm³/mol. The zero-order valence-electron chi connectivity index (χ0n) is 16.0. The van der Waals surface area contributed by atoms with E-state index in [0.717, 1.165) is 13.1 Å². The third kappa shape index (κ3) is 6.00. The summed E-state index contributed by atoms with van der Waals surface area (Å²) in [5.74, 6) is -0.0430. The molecule has 0 aliphatic carbocycles. The van der Waals surface area contributed by atoms with Crippen LogP contribution in [0.15, 0.2) is 29.2 Å². The molecule has 1 saturated heterocycles. The number of sulfonamides is 1. The number of carbonyl (C=O) groups is 2. The van der Waals surface area contributed by atoms with E-state index in [1.165, 1.54) is 42.5 Å². The average Bonchev–Trinajstić information content (AvgIpc) is 2.61. The number of hydrogen-bond acceptors (Lipinski definition) is 5. The highest BCUT2D eigenvalue weighted by Crippen LogP contribution is 2.16. The van der Waals surface area contributed by atoms with E-state index in [1.807, 2.05) is 11.8 Å². The van der Waals surface area contributed by atoms with Gasteiger partial charge in [-0.1, -0.05) is 12.1 Å². The highest BCUT2D eigenvalue weighted by molar-refractivity contribution is 7.89. The number of rotatable bonds is 7. The fourth-order valence-corrected chi connectivity index (χ4v) is 4.18. The van der Waals surface area contributed by atoms with Crippen LogP contribution in [0.1, 0.15) is 37.0 Å². The Labute approximate surface area is 167 Å². The molecule has 1 aromatic rings. The summed E-state index contributed by atoms with van der Waals surface area (Å²) in [7, 11) is -2.12. The Kier molecular flexibility index (Phi) is 8.87. The lowest BCUT2D eigenvalue weighted by Crippen LogP contribution is -2.52. The van der Waals surface area contributed by atoms with Crippen LogP contribution in [0.4, 0.5) is 0 Å². The zero-order valence-corrected chi connectivity index (χ0v) is 17.6. The maximum Gasteiger partial charge on any atom is 0.242 e. The highest BCUT2D eigenvalue weighted by atomic mass is 35.5. The summed E-state index contributed by atoms with van der Waals surface area (Å²) >= 11 is 0. The Balaban J connectivity index is 0.00000364. The third-order valence-corrected chi connectivity index (χ3v) is 6.53. The van der Waals surface area contributed by atoms with Crippen molar-refractivity contribution < 1.29 is 18.0 Å². The van der Waals surface area contributed by atoms with Crippen LogP contribution in [0.5, 0.6) is 0 Å². The molecule has 1 N–H and O–H groups in total. The van der Waals surface area contributed by atoms with Crippen molar-refractivity contribution in [2.45, 2.75) is 37.6 Å². The normalized spacial score (nSPS) is 17.5. The molecule has 1 heterocycles. The minimum atomic E-state index is -3.63. The molecule has 0 bridgehead atoms. The minimum absolute atomic E-state index is 0. The average molecular weight is 418 g/mol. The Morgan fingerprint density at radius 3 is 2.44 bits per heavy atom. The number of nitrogens with zero attached hydrogens (tertiary/aromatic N) is 2. The maximum atomic E-state index is 12.6. The molecule has 1 fully saturated rings. The Morgan fingerprint density at radius 2 is 1.89 bits per heavy atom. The van der Waals surface area contributed by atoms with Crippen molar-refractivity contribution in [1.29, 1.82) is 0 Å². The first-order valence-corrected chi connectivity index (χ1v) is 10.2. The van der Waals surface area contributed by atoms with Crippen molar-refractivity contribution in [2.75, 3.05) is 33.2 Å². The summed E-state index contributed by atoms with van der Waals surface area (Å²) in [5.41, 5.74) is 0.474. The number of Topliss-reactive ketones (excluding diaryl/α,β-unsaturated/α-hetero) is 1. The summed E-state index contributed by atoms with van der Waals surface area (Å²) in [4.78, 5) is 25.6. The molecule has 2 rings (SSSR count). The van der Waals surface area contributed by atoms with E-state index in [9.17, 15) is 18.0 Å². The number of ketones is 1. The first-order chi connectivity index (χ1) is 12.2. The summed E-state index contributed by atoms with van der Waals surface area (Å²) in [6.07, 6.45) is 0.796. The van der Waals surface area contributed by atoms with Gasteiger partial charge in [0.25, 0.3) is 0 Å². The number of nitrogens with one attached hydrogen (secondary N) is 1. The van der Waals surface area contributed by atoms with Crippen LogP contribution in [-0.4, -0.2) is 68.6 Å². The van der Waals surface area contributed by atoms with Crippen molar-refractivity contribution in [3.63, 3.8) is 0 Å². The fourth-order valence-electron chi connectivity index (χ4n) is 2.97. The molecule has 27 heavy (non-hydrogen) atoms. The highest BCUT2D eigenvalue weighted by Gasteiger charge is 2.24. The molecule has 1 unspecified atom stereocenters. The summed E-state index contributed by atoms with van der Waals surface area (Å²) in [6.45, 7) is 5.98. The summed E-state index contributed by atoms with van der Waals surface area (Å²) in [6, 6.07) is 6.07. The quantitative estimate of drug-likeness (QED) is 0.680. The van der Waals surface area contributed by atoms with Gasteiger partial charge >= 0.3 is 0 Å². The van der Waals surface area contributed by atoms with Gasteiger partial charge in [-0.2, -0.15) is 0 Å². The molecular formula is C18H28ClN3O4S. The van der Waals surface area contributed by atoms with Crippen LogP contribution in [0.2, 0.25) is 0 Å². The van der Waals surface area contributed by atoms with Gasteiger partial charge in [0.1, 0.15) is 0 Å². The van der Waals surface area contributed by atoms with E-state index in [0.29, 0.717) is 24.9 Å². The minimum Gasteiger partial charge on any atom is -0.337 e. The van der Waals surface area contributed by atoms with E-state index >= 15 is 0 Å². The van der Waals surface area contributed by atoms with Crippen molar-refractivity contribution in [1.82, 2.24) is 14.5 Å². The standard InChI is InChI=1S/C18H27N3O4S.ClH/c1-14-13-19-10-12-21(14)18(23)5-4-11-20(3)26(24,25)17-8-6-16(7-9-17)15(2)22;/h6-9,14,19H,4-5,10-13H2,1-3H3;1H. The molecule has 1 atom stereocenters. The van der Waals surface area contributed by atoms with Crippen molar-refractivity contribution in [3.8, 4) is 0 Å². The predicted octanol–water partition coefficient (Wildman–Crippen LogP) is 1.53. The van der Waals surface area contributed by atoms with Gasteiger partial charge in [0.05, 0.1) is 4.90 Å². The van der Waals surface area contributed by atoms with Crippen LogP contribution in [0, 0.1) is 0 Å². The van der Waals surface area contributed by atoms with Gasteiger partial charge in [0, 0.05) is 51.3 Å². The number of benzene rings is 1.